The number of hydrogen-bond acceptors (Lipinski definition) is 2. The lowest BCUT2D eigenvalue weighted by molar-refractivity contribution is 0.342. The second-order valence-corrected chi connectivity index (χ2v) is 6.22. The van der Waals surface area contributed by atoms with Crippen molar-refractivity contribution in [2.75, 3.05) is 11.9 Å². The van der Waals surface area contributed by atoms with Crippen molar-refractivity contribution in [1.82, 2.24) is 5.32 Å². The van der Waals surface area contributed by atoms with Crippen LogP contribution < -0.4 is 15.4 Å². The molecule has 2 N–H and O–H groups in total. The average Bonchev–Trinajstić information content (AvgIpc) is 3.03. The highest BCUT2D eigenvalue weighted by Crippen LogP contribution is 2.44. The van der Waals surface area contributed by atoms with Crippen molar-refractivity contribution in [2.24, 2.45) is 11.8 Å². The highest BCUT2D eigenvalue weighted by atomic mass is 32.1. The van der Waals surface area contributed by atoms with E-state index in [1.807, 2.05) is 31.2 Å². The molecule has 0 aliphatic heterocycles. The van der Waals surface area contributed by atoms with Gasteiger partial charge in [-0.15, -0.1) is 0 Å². The van der Waals surface area contributed by atoms with Gasteiger partial charge in [0.15, 0.2) is 5.11 Å². The summed E-state index contributed by atoms with van der Waals surface area (Å²) in [5.41, 5.74) is 0.940. The summed E-state index contributed by atoms with van der Waals surface area (Å²) in [5.74, 6) is 2.60. The van der Waals surface area contributed by atoms with E-state index >= 15 is 0 Å². The molecule has 3 nitrogen and oxygen atoms in total. The van der Waals surface area contributed by atoms with E-state index in [9.17, 15) is 0 Å². The van der Waals surface area contributed by atoms with Crippen LogP contribution in [0, 0.1) is 11.8 Å². The molecule has 4 heteroatoms. The molecule has 2 saturated carbocycles. The monoisotopic (exact) mass is 290 g/mol. The lowest BCUT2D eigenvalue weighted by Gasteiger charge is -2.25. The summed E-state index contributed by atoms with van der Waals surface area (Å²) in [6.07, 6.45) is 5.44. The number of thiocarbonyl (C=S) groups is 1. The summed E-state index contributed by atoms with van der Waals surface area (Å²) in [6, 6.07) is 8.49. The molecule has 0 radical (unpaired) electrons. The molecule has 3 atom stereocenters. The van der Waals surface area contributed by atoms with E-state index in [1.165, 1.54) is 25.7 Å². The Morgan fingerprint density at radius 3 is 2.85 bits per heavy atom. The van der Waals surface area contributed by atoms with Crippen molar-refractivity contribution in [3.05, 3.63) is 24.3 Å². The lowest BCUT2D eigenvalue weighted by atomic mass is 9.96. The number of fused-ring (bicyclic) bond motifs is 2. The van der Waals surface area contributed by atoms with E-state index in [2.05, 4.69) is 10.6 Å². The first-order valence-corrected chi connectivity index (χ1v) is 7.96. The van der Waals surface area contributed by atoms with Gasteiger partial charge in [-0.25, -0.2) is 0 Å². The van der Waals surface area contributed by atoms with E-state index in [0.717, 1.165) is 28.4 Å². The fourth-order valence-electron chi connectivity index (χ4n) is 3.60. The third-order valence-electron chi connectivity index (χ3n) is 4.49. The molecule has 3 rings (SSSR count). The number of rotatable bonds is 4. The minimum absolute atomic E-state index is 0.563. The van der Waals surface area contributed by atoms with Gasteiger partial charge in [0.1, 0.15) is 5.75 Å². The molecule has 1 aromatic carbocycles. The molecule has 1 aromatic rings. The van der Waals surface area contributed by atoms with Crippen LogP contribution in [0.4, 0.5) is 5.69 Å². The van der Waals surface area contributed by atoms with Gasteiger partial charge in [0.05, 0.1) is 12.3 Å². The molecule has 0 amide bonds. The predicted octanol–water partition coefficient (Wildman–Crippen LogP) is 3.56. The normalized spacial score (nSPS) is 27.4. The van der Waals surface area contributed by atoms with Crippen molar-refractivity contribution in [1.29, 1.82) is 0 Å². The van der Waals surface area contributed by atoms with Crippen molar-refractivity contribution in [2.45, 2.75) is 38.6 Å². The summed E-state index contributed by atoms with van der Waals surface area (Å²) in [4.78, 5) is 0. The van der Waals surface area contributed by atoms with E-state index in [1.54, 1.807) is 0 Å². The van der Waals surface area contributed by atoms with Crippen molar-refractivity contribution in [3.63, 3.8) is 0 Å². The fourth-order valence-corrected chi connectivity index (χ4v) is 3.86. The molecule has 0 unspecified atom stereocenters. The van der Waals surface area contributed by atoms with Gasteiger partial charge in [-0.05, 0) is 62.4 Å². The lowest BCUT2D eigenvalue weighted by Crippen LogP contribution is -2.40. The van der Waals surface area contributed by atoms with Gasteiger partial charge in [0.2, 0.25) is 0 Å². The minimum Gasteiger partial charge on any atom is -0.492 e. The Hall–Kier alpha value is -1.29. The highest BCUT2D eigenvalue weighted by molar-refractivity contribution is 7.80. The predicted molar refractivity (Wildman–Crippen MR) is 86.2 cm³/mol. The zero-order valence-electron chi connectivity index (χ0n) is 11.9. The van der Waals surface area contributed by atoms with Gasteiger partial charge in [-0.2, -0.15) is 0 Å². The molecule has 2 aliphatic carbocycles. The second-order valence-electron chi connectivity index (χ2n) is 5.81. The van der Waals surface area contributed by atoms with Crippen LogP contribution in [0.2, 0.25) is 0 Å². The van der Waals surface area contributed by atoms with Crippen LogP contribution in [0.15, 0.2) is 24.3 Å². The molecule has 20 heavy (non-hydrogen) atoms. The standard InChI is InChI=1S/C16H22N2OS/c1-2-19-15-6-4-3-5-13(15)17-16(20)18-14-10-11-7-8-12(14)9-11/h3-6,11-12,14H,2,7-10H2,1H3,(H2,17,18,20)/t11-,12+,14-/m1/s1. The van der Waals surface area contributed by atoms with Crippen molar-refractivity contribution >= 4 is 23.0 Å². The van der Waals surface area contributed by atoms with E-state index < -0.39 is 0 Å². The SMILES string of the molecule is CCOc1ccccc1NC(=S)N[C@@H]1C[C@@H]2CC[C@H]1C2. The Kier molecular flexibility index (Phi) is 4.10. The summed E-state index contributed by atoms with van der Waals surface area (Å²) < 4.78 is 5.61. The largest absolute Gasteiger partial charge is 0.492 e. The summed E-state index contributed by atoms with van der Waals surface area (Å²) in [5, 5.41) is 7.49. The van der Waals surface area contributed by atoms with E-state index in [4.69, 9.17) is 17.0 Å². The number of benzene rings is 1. The zero-order valence-corrected chi connectivity index (χ0v) is 12.7. The van der Waals surface area contributed by atoms with Gasteiger partial charge in [-0.3, -0.25) is 0 Å². The number of hydrogen-bond donors (Lipinski definition) is 2. The molecule has 0 saturated heterocycles. The van der Waals surface area contributed by atoms with Crippen LogP contribution in [-0.2, 0) is 0 Å². The Labute approximate surface area is 126 Å². The first-order valence-electron chi connectivity index (χ1n) is 7.55. The second kappa shape index (κ2) is 6.00. The fraction of sp³-hybridized carbons (Fsp3) is 0.562. The van der Waals surface area contributed by atoms with Crippen LogP contribution >= 0.6 is 12.2 Å². The first kappa shape index (κ1) is 13.7. The average molecular weight is 290 g/mol. The van der Waals surface area contributed by atoms with Crippen LogP contribution in [0.3, 0.4) is 0 Å². The number of para-hydroxylation sites is 2. The number of anilines is 1. The molecular weight excluding hydrogens is 268 g/mol. The van der Waals surface area contributed by atoms with Gasteiger partial charge in [0, 0.05) is 6.04 Å². The van der Waals surface area contributed by atoms with Crippen molar-refractivity contribution in [3.8, 4) is 5.75 Å². The highest BCUT2D eigenvalue weighted by Gasteiger charge is 2.39. The Bertz CT molecular complexity index is 491. The molecule has 0 heterocycles. The number of ether oxygens (including phenoxy) is 1. The maximum atomic E-state index is 5.61. The molecule has 0 spiro atoms. The van der Waals surface area contributed by atoms with Crippen LogP contribution in [0.1, 0.15) is 32.6 Å². The number of nitrogens with one attached hydrogen (secondary N) is 2. The molecule has 2 bridgehead atoms. The van der Waals surface area contributed by atoms with Gasteiger partial charge in [-0.1, -0.05) is 18.6 Å². The van der Waals surface area contributed by atoms with Crippen LogP contribution in [-0.4, -0.2) is 17.8 Å². The molecule has 108 valence electrons. The third kappa shape index (κ3) is 2.90. The quantitative estimate of drug-likeness (QED) is 0.831. The molecular formula is C16H22N2OS. The topological polar surface area (TPSA) is 33.3 Å². The molecule has 2 fully saturated rings. The third-order valence-corrected chi connectivity index (χ3v) is 4.71. The van der Waals surface area contributed by atoms with Gasteiger partial charge < -0.3 is 15.4 Å². The molecule has 2 aliphatic rings. The Morgan fingerprint density at radius 1 is 1.30 bits per heavy atom. The maximum Gasteiger partial charge on any atom is 0.171 e. The zero-order chi connectivity index (χ0) is 13.9. The van der Waals surface area contributed by atoms with Crippen molar-refractivity contribution < 1.29 is 4.74 Å². The maximum absolute atomic E-state index is 5.61. The van der Waals surface area contributed by atoms with Crippen LogP contribution in [0.5, 0.6) is 5.75 Å². The Morgan fingerprint density at radius 2 is 2.15 bits per heavy atom. The summed E-state index contributed by atoms with van der Waals surface area (Å²) >= 11 is 5.45. The van der Waals surface area contributed by atoms with E-state index in [0.29, 0.717) is 12.6 Å². The minimum atomic E-state index is 0.563. The smallest absolute Gasteiger partial charge is 0.171 e. The summed E-state index contributed by atoms with van der Waals surface area (Å²) in [6.45, 7) is 2.65. The Balaban J connectivity index is 1.59. The van der Waals surface area contributed by atoms with Crippen LogP contribution in [0.25, 0.3) is 0 Å². The molecule has 0 aromatic heterocycles. The first-order chi connectivity index (χ1) is 9.76. The van der Waals surface area contributed by atoms with Gasteiger partial charge in [0.25, 0.3) is 0 Å². The van der Waals surface area contributed by atoms with Gasteiger partial charge >= 0.3 is 0 Å². The van der Waals surface area contributed by atoms with E-state index in [-0.39, 0.29) is 0 Å². The summed E-state index contributed by atoms with van der Waals surface area (Å²) in [7, 11) is 0.